The highest BCUT2D eigenvalue weighted by Crippen LogP contribution is 2.28. The lowest BCUT2D eigenvalue weighted by atomic mass is 10.1. The van der Waals surface area contributed by atoms with Gasteiger partial charge in [-0.2, -0.15) is 4.98 Å². The van der Waals surface area contributed by atoms with Crippen molar-refractivity contribution in [3.8, 4) is 11.4 Å². The minimum absolute atomic E-state index is 0.227. The Bertz CT molecular complexity index is 1620. The van der Waals surface area contributed by atoms with Gasteiger partial charge in [0.2, 0.25) is 5.95 Å². The van der Waals surface area contributed by atoms with Gasteiger partial charge in [0.1, 0.15) is 11.6 Å². The maximum absolute atomic E-state index is 5.66. The van der Waals surface area contributed by atoms with Gasteiger partial charge in [0.05, 0.1) is 16.6 Å². The largest absolute Gasteiger partial charge is 0.368 e. The zero-order chi connectivity index (χ0) is 22.9. The van der Waals surface area contributed by atoms with Crippen LogP contribution >= 0.6 is 0 Å². The van der Waals surface area contributed by atoms with Crippen LogP contribution in [0, 0.1) is 0 Å². The van der Waals surface area contributed by atoms with Gasteiger partial charge in [-0.3, -0.25) is 4.98 Å². The number of nitrogens with two attached hydrogens (primary N) is 1. The summed E-state index contributed by atoms with van der Waals surface area (Å²) in [5, 5.41) is 7.81. The van der Waals surface area contributed by atoms with Crippen LogP contribution in [0.4, 0.5) is 28.8 Å². The number of nitrogens with one attached hydrogen (secondary N) is 3. The zero-order valence-electron chi connectivity index (χ0n) is 18.0. The van der Waals surface area contributed by atoms with Crippen molar-refractivity contribution in [2.75, 3.05) is 16.4 Å². The number of nitrogens with zero attached hydrogens (tertiary/aromatic N) is 4. The third kappa shape index (κ3) is 3.84. The molecule has 6 aromatic rings. The van der Waals surface area contributed by atoms with E-state index in [0.29, 0.717) is 5.82 Å². The van der Waals surface area contributed by atoms with E-state index in [0.717, 1.165) is 50.4 Å². The number of aromatic amines is 1. The monoisotopic (exact) mass is 444 g/mol. The number of hydrogen-bond acceptors (Lipinski definition) is 7. The van der Waals surface area contributed by atoms with Gasteiger partial charge in [-0.15, -0.1) is 0 Å². The van der Waals surface area contributed by atoms with Crippen LogP contribution in [0.3, 0.4) is 0 Å². The molecular weight excluding hydrogens is 424 g/mol. The summed E-state index contributed by atoms with van der Waals surface area (Å²) in [7, 11) is 0. The summed E-state index contributed by atoms with van der Waals surface area (Å²) < 4.78 is 0. The summed E-state index contributed by atoms with van der Waals surface area (Å²) in [5.74, 6) is 1.67. The fraction of sp³-hybridized carbons (Fsp3) is 0. The van der Waals surface area contributed by atoms with Gasteiger partial charge in [0.25, 0.3) is 0 Å². The Balaban J connectivity index is 1.24. The Hall–Kier alpha value is -4.98. The number of pyridine rings is 1. The lowest BCUT2D eigenvalue weighted by Crippen LogP contribution is -1.98. The van der Waals surface area contributed by atoms with E-state index in [9.17, 15) is 0 Å². The van der Waals surface area contributed by atoms with Crippen molar-refractivity contribution in [2.24, 2.45) is 0 Å². The molecule has 0 radical (unpaired) electrons. The van der Waals surface area contributed by atoms with Crippen molar-refractivity contribution < 1.29 is 0 Å². The molecule has 5 N–H and O–H groups in total. The van der Waals surface area contributed by atoms with Gasteiger partial charge in [-0.25, -0.2) is 9.97 Å². The van der Waals surface area contributed by atoms with Crippen molar-refractivity contribution in [3.05, 3.63) is 91.3 Å². The Kier molecular flexibility index (Phi) is 4.73. The Morgan fingerprint density at radius 1 is 0.706 bits per heavy atom. The summed E-state index contributed by atoms with van der Waals surface area (Å²) in [5.41, 5.74) is 12.3. The Labute approximate surface area is 194 Å². The highest BCUT2D eigenvalue weighted by molar-refractivity contribution is 5.92. The number of fused-ring (bicyclic) bond motifs is 2. The molecule has 0 spiro atoms. The van der Waals surface area contributed by atoms with Crippen LogP contribution in [0.5, 0.6) is 0 Å². The van der Waals surface area contributed by atoms with Gasteiger partial charge in [0, 0.05) is 40.4 Å². The highest BCUT2D eigenvalue weighted by atomic mass is 15.1. The Morgan fingerprint density at radius 2 is 1.53 bits per heavy atom. The lowest BCUT2D eigenvalue weighted by Gasteiger charge is -2.09. The molecule has 0 bridgehead atoms. The Morgan fingerprint density at radius 3 is 2.41 bits per heavy atom. The molecule has 8 heteroatoms. The van der Waals surface area contributed by atoms with Gasteiger partial charge in [0.15, 0.2) is 0 Å². The first kappa shape index (κ1) is 19.7. The maximum Gasteiger partial charge on any atom is 0.221 e. The molecule has 0 aliphatic heterocycles. The number of anilines is 5. The predicted octanol–water partition coefficient (Wildman–Crippen LogP) is 5.64. The van der Waals surface area contributed by atoms with E-state index >= 15 is 0 Å². The standard InChI is InChI=1S/C26H20N8/c27-26-29-14-12-24(34-26)31-18-9-10-22-23(15-18)33-25(32-22)16-5-7-17(8-6-16)30-21-11-13-28-20-4-2-1-3-19(20)21/h1-15H,(H,28,30)(H,32,33)(H3,27,29,31,34). The molecule has 0 aliphatic carbocycles. The molecule has 0 aliphatic rings. The summed E-state index contributed by atoms with van der Waals surface area (Å²) in [6.07, 6.45) is 3.43. The second-order valence-corrected chi connectivity index (χ2v) is 7.82. The van der Waals surface area contributed by atoms with E-state index in [1.807, 2.05) is 72.9 Å². The summed E-state index contributed by atoms with van der Waals surface area (Å²) in [4.78, 5) is 20.7. The minimum Gasteiger partial charge on any atom is -0.368 e. The first-order valence-electron chi connectivity index (χ1n) is 10.8. The maximum atomic E-state index is 5.66. The summed E-state index contributed by atoms with van der Waals surface area (Å²) in [6, 6.07) is 25.9. The van der Waals surface area contributed by atoms with Crippen LogP contribution in [0.1, 0.15) is 0 Å². The smallest absolute Gasteiger partial charge is 0.221 e. The second-order valence-electron chi connectivity index (χ2n) is 7.82. The molecule has 0 fully saturated rings. The number of hydrogen-bond donors (Lipinski definition) is 4. The molecule has 0 saturated carbocycles. The van der Waals surface area contributed by atoms with Gasteiger partial charge >= 0.3 is 0 Å². The summed E-state index contributed by atoms with van der Waals surface area (Å²) >= 11 is 0. The lowest BCUT2D eigenvalue weighted by molar-refractivity contribution is 1.18. The van der Waals surface area contributed by atoms with E-state index in [1.54, 1.807) is 12.3 Å². The van der Waals surface area contributed by atoms with E-state index < -0.39 is 0 Å². The number of rotatable bonds is 5. The average molecular weight is 445 g/mol. The molecule has 8 nitrogen and oxygen atoms in total. The van der Waals surface area contributed by atoms with Crippen molar-refractivity contribution in [3.63, 3.8) is 0 Å². The van der Waals surface area contributed by atoms with Crippen LogP contribution in [-0.2, 0) is 0 Å². The predicted molar refractivity (Wildman–Crippen MR) is 136 cm³/mol. The van der Waals surface area contributed by atoms with E-state index in [4.69, 9.17) is 10.7 Å². The van der Waals surface area contributed by atoms with E-state index in [1.165, 1.54) is 0 Å². The molecule has 0 atom stereocenters. The molecule has 6 rings (SSSR count). The third-order valence-electron chi connectivity index (χ3n) is 5.51. The normalized spacial score (nSPS) is 11.1. The minimum atomic E-state index is 0.227. The van der Waals surface area contributed by atoms with Crippen molar-refractivity contribution in [1.82, 2.24) is 24.9 Å². The van der Waals surface area contributed by atoms with Gasteiger partial charge < -0.3 is 21.4 Å². The number of imidazole rings is 1. The molecule has 0 unspecified atom stereocenters. The van der Waals surface area contributed by atoms with Crippen LogP contribution in [0.2, 0.25) is 0 Å². The fourth-order valence-electron chi connectivity index (χ4n) is 3.89. The van der Waals surface area contributed by atoms with Gasteiger partial charge in [-0.05, 0) is 60.7 Å². The van der Waals surface area contributed by atoms with Crippen LogP contribution in [-0.4, -0.2) is 24.9 Å². The zero-order valence-corrected chi connectivity index (χ0v) is 18.0. The topological polar surface area (TPSA) is 117 Å². The third-order valence-corrected chi connectivity index (χ3v) is 5.51. The fourth-order valence-corrected chi connectivity index (χ4v) is 3.89. The molecule has 3 aromatic heterocycles. The number of aromatic nitrogens is 5. The van der Waals surface area contributed by atoms with Crippen LogP contribution in [0.25, 0.3) is 33.3 Å². The number of para-hydroxylation sites is 1. The quantitative estimate of drug-likeness (QED) is 0.272. The summed E-state index contributed by atoms with van der Waals surface area (Å²) in [6.45, 7) is 0. The molecule has 164 valence electrons. The van der Waals surface area contributed by atoms with Gasteiger partial charge in [-0.1, -0.05) is 18.2 Å². The average Bonchev–Trinajstić information content (AvgIpc) is 3.28. The van der Waals surface area contributed by atoms with Crippen LogP contribution in [0.15, 0.2) is 91.3 Å². The number of H-pyrrole nitrogens is 1. The molecule has 0 amide bonds. The molecule has 34 heavy (non-hydrogen) atoms. The second kappa shape index (κ2) is 8.18. The van der Waals surface area contributed by atoms with Crippen molar-refractivity contribution in [2.45, 2.75) is 0 Å². The number of benzene rings is 3. The van der Waals surface area contributed by atoms with E-state index in [-0.39, 0.29) is 5.95 Å². The molecular formula is C26H20N8. The van der Waals surface area contributed by atoms with Crippen molar-refractivity contribution in [1.29, 1.82) is 0 Å². The molecule has 3 aromatic carbocycles. The highest BCUT2D eigenvalue weighted by Gasteiger charge is 2.08. The first-order valence-corrected chi connectivity index (χ1v) is 10.8. The van der Waals surface area contributed by atoms with E-state index in [2.05, 4.69) is 36.6 Å². The molecule has 0 saturated heterocycles. The first-order chi connectivity index (χ1) is 16.7. The van der Waals surface area contributed by atoms with Crippen LogP contribution < -0.4 is 16.4 Å². The molecule has 3 heterocycles. The van der Waals surface area contributed by atoms with Crippen molar-refractivity contribution >= 4 is 50.8 Å². The SMILES string of the molecule is Nc1nccc(Nc2ccc3nc(-c4ccc(Nc5ccnc6ccccc56)cc4)[nH]c3c2)n1. The number of nitrogen functional groups attached to an aromatic ring is 1.